The second-order valence-corrected chi connectivity index (χ2v) is 6.12. The van der Waals surface area contributed by atoms with E-state index >= 15 is 0 Å². The van der Waals surface area contributed by atoms with Crippen molar-refractivity contribution in [2.45, 2.75) is 32.7 Å². The Kier molecular flexibility index (Phi) is 3.90. The highest BCUT2D eigenvalue weighted by atomic mass is 35.5. The zero-order valence-corrected chi connectivity index (χ0v) is 12.9. The van der Waals surface area contributed by atoms with Crippen LogP contribution in [0.15, 0.2) is 18.2 Å². The quantitative estimate of drug-likeness (QED) is 0.945. The lowest BCUT2D eigenvalue weighted by Crippen LogP contribution is -2.20. The normalized spacial score (nSPS) is 11.7. The minimum absolute atomic E-state index is 0.139. The van der Waals surface area contributed by atoms with Gasteiger partial charge < -0.3 is 10.5 Å². The van der Waals surface area contributed by atoms with E-state index in [4.69, 9.17) is 22.1 Å². The van der Waals surface area contributed by atoms with Crippen molar-refractivity contribution in [3.8, 4) is 5.75 Å². The van der Waals surface area contributed by atoms with Crippen LogP contribution >= 0.6 is 11.6 Å². The highest BCUT2D eigenvalue weighted by Crippen LogP contribution is 2.29. The smallest absolute Gasteiger partial charge is 0.169 e. The van der Waals surface area contributed by atoms with Crippen LogP contribution in [-0.2, 0) is 12.0 Å². The molecule has 0 spiro atoms. The average Bonchev–Trinajstić information content (AvgIpc) is 2.70. The second kappa shape index (κ2) is 5.32. The number of hydrogen-bond donors (Lipinski definition) is 1. The highest BCUT2D eigenvalue weighted by Gasteiger charge is 2.24. The molecule has 0 aliphatic heterocycles. The molecule has 0 atom stereocenters. The third-order valence-electron chi connectivity index (χ3n) is 3.03. The Hall–Kier alpha value is -1.75. The van der Waals surface area contributed by atoms with Crippen LogP contribution in [0.5, 0.6) is 5.75 Å². The summed E-state index contributed by atoms with van der Waals surface area (Å²) in [6, 6.07) is 5.50. The lowest BCUT2D eigenvalue weighted by molar-refractivity contribution is 0.405. The van der Waals surface area contributed by atoms with Gasteiger partial charge in [0.1, 0.15) is 5.75 Å². The van der Waals surface area contributed by atoms with Gasteiger partial charge in [0.15, 0.2) is 5.82 Å². The number of methoxy groups -OCH3 is 1. The van der Waals surface area contributed by atoms with Gasteiger partial charge in [0, 0.05) is 16.0 Å². The lowest BCUT2D eigenvalue weighted by Gasteiger charge is -2.20. The fourth-order valence-electron chi connectivity index (χ4n) is 2.24. The van der Waals surface area contributed by atoms with E-state index in [0.717, 1.165) is 17.0 Å². The number of hydrogen-bond acceptors (Lipinski definition) is 4. The van der Waals surface area contributed by atoms with Crippen molar-refractivity contribution in [1.82, 2.24) is 15.0 Å². The average molecular weight is 295 g/mol. The molecule has 0 saturated carbocycles. The van der Waals surface area contributed by atoms with Gasteiger partial charge in [-0.15, -0.1) is 5.10 Å². The summed E-state index contributed by atoms with van der Waals surface area (Å²) >= 11 is 6.05. The van der Waals surface area contributed by atoms with Crippen molar-refractivity contribution >= 4 is 17.4 Å². The number of benzene rings is 1. The Bertz CT molecular complexity index is 616. The van der Waals surface area contributed by atoms with Crippen molar-refractivity contribution in [3.05, 3.63) is 34.5 Å². The molecule has 0 aliphatic rings. The van der Waals surface area contributed by atoms with Gasteiger partial charge in [-0.3, -0.25) is 0 Å². The van der Waals surface area contributed by atoms with Crippen molar-refractivity contribution in [2.75, 3.05) is 12.8 Å². The van der Waals surface area contributed by atoms with Crippen LogP contribution in [0.25, 0.3) is 0 Å². The third-order valence-corrected chi connectivity index (χ3v) is 3.27. The molecule has 0 amide bonds. The van der Waals surface area contributed by atoms with E-state index in [1.165, 1.54) is 0 Å². The SMILES string of the molecule is COc1ccc(Cl)cc1Cn1nnc(N)c1C(C)(C)C. The van der Waals surface area contributed by atoms with Crippen molar-refractivity contribution < 1.29 is 4.74 Å². The molecule has 0 bridgehead atoms. The number of ether oxygens (including phenoxy) is 1. The summed E-state index contributed by atoms with van der Waals surface area (Å²) < 4.78 is 7.15. The van der Waals surface area contributed by atoms with Crippen LogP contribution in [0.4, 0.5) is 5.82 Å². The summed E-state index contributed by atoms with van der Waals surface area (Å²) in [5.74, 6) is 1.22. The first-order valence-corrected chi connectivity index (χ1v) is 6.72. The first-order chi connectivity index (χ1) is 9.32. The summed E-state index contributed by atoms with van der Waals surface area (Å²) in [7, 11) is 1.63. The maximum atomic E-state index is 6.05. The van der Waals surface area contributed by atoms with Crippen molar-refractivity contribution in [3.63, 3.8) is 0 Å². The number of nitrogens with zero attached hydrogens (tertiary/aromatic N) is 3. The summed E-state index contributed by atoms with van der Waals surface area (Å²) in [4.78, 5) is 0. The molecular formula is C14H19ClN4O. The maximum Gasteiger partial charge on any atom is 0.169 e. The van der Waals surface area contributed by atoms with E-state index in [9.17, 15) is 0 Å². The van der Waals surface area contributed by atoms with Gasteiger partial charge in [0.05, 0.1) is 19.3 Å². The predicted molar refractivity (Wildman–Crippen MR) is 80.2 cm³/mol. The Morgan fingerprint density at radius 2 is 2.05 bits per heavy atom. The molecule has 1 heterocycles. The molecule has 6 heteroatoms. The van der Waals surface area contributed by atoms with Gasteiger partial charge >= 0.3 is 0 Å². The topological polar surface area (TPSA) is 66.0 Å². The van der Waals surface area contributed by atoms with E-state index in [2.05, 4.69) is 31.1 Å². The maximum absolute atomic E-state index is 6.05. The Morgan fingerprint density at radius 1 is 1.35 bits per heavy atom. The Labute approximate surface area is 123 Å². The summed E-state index contributed by atoms with van der Waals surface area (Å²) in [5, 5.41) is 8.76. The number of nitrogens with two attached hydrogens (primary N) is 1. The van der Waals surface area contributed by atoms with Crippen LogP contribution < -0.4 is 10.5 Å². The van der Waals surface area contributed by atoms with Gasteiger partial charge in [0.2, 0.25) is 0 Å². The number of nitrogen functional groups attached to an aromatic ring is 1. The largest absolute Gasteiger partial charge is 0.496 e. The Morgan fingerprint density at radius 3 is 2.65 bits per heavy atom. The van der Waals surface area contributed by atoms with E-state index < -0.39 is 0 Å². The molecule has 2 N–H and O–H groups in total. The van der Waals surface area contributed by atoms with E-state index in [1.807, 2.05) is 12.1 Å². The molecular weight excluding hydrogens is 276 g/mol. The monoisotopic (exact) mass is 294 g/mol. The van der Waals surface area contributed by atoms with Gasteiger partial charge in [-0.1, -0.05) is 37.6 Å². The van der Waals surface area contributed by atoms with Crippen LogP contribution in [0.2, 0.25) is 5.02 Å². The predicted octanol–water partition coefficient (Wildman–Crippen LogP) is 2.87. The molecule has 108 valence electrons. The van der Waals surface area contributed by atoms with Gasteiger partial charge in [-0.2, -0.15) is 0 Å². The molecule has 0 radical (unpaired) electrons. The number of aromatic nitrogens is 3. The zero-order valence-electron chi connectivity index (χ0n) is 12.1. The molecule has 0 saturated heterocycles. The highest BCUT2D eigenvalue weighted by molar-refractivity contribution is 6.30. The second-order valence-electron chi connectivity index (χ2n) is 5.69. The van der Waals surface area contributed by atoms with E-state index in [0.29, 0.717) is 17.4 Å². The number of rotatable bonds is 3. The first-order valence-electron chi connectivity index (χ1n) is 6.35. The molecule has 0 aliphatic carbocycles. The summed E-state index contributed by atoms with van der Waals surface area (Å²) in [5.41, 5.74) is 7.63. The van der Waals surface area contributed by atoms with Crippen LogP contribution in [0.3, 0.4) is 0 Å². The molecule has 1 aromatic heterocycles. The molecule has 2 aromatic rings. The van der Waals surface area contributed by atoms with Crippen LogP contribution in [0.1, 0.15) is 32.0 Å². The number of anilines is 1. The summed E-state index contributed by atoms with van der Waals surface area (Å²) in [6.45, 7) is 6.75. The first kappa shape index (κ1) is 14.7. The van der Waals surface area contributed by atoms with E-state index in [-0.39, 0.29) is 5.41 Å². The van der Waals surface area contributed by atoms with Crippen molar-refractivity contribution in [1.29, 1.82) is 0 Å². The standard InChI is InChI=1S/C14H19ClN4O/c1-14(2,3)12-13(16)17-18-19(12)8-9-7-10(15)5-6-11(9)20-4/h5-7H,8,16H2,1-4H3. The molecule has 0 fully saturated rings. The summed E-state index contributed by atoms with van der Waals surface area (Å²) in [6.07, 6.45) is 0. The minimum Gasteiger partial charge on any atom is -0.496 e. The van der Waals surface area contributed by atoms with Crippen LogP contribution in [-0.4, -0.2) is 22.1 Å². The van der Waals surface area contributed by atoms with Gasteiger partial charge in [-0.25, -0.2) is 4.68 Å². The Balaban J connectivity index is 2.43. The minimum atomic E-state index is -0.139. The van der Waals surface area contributed by atoms with Gasteiger partial charge in [0.25, 0.3) is 0 Å². The molecule has 20 heavy (non-hydrogen) atoms. The number of halogens is 1. The van der Waals surface area contributed by atoms with Crippen LogP contribution in [0, 0.1) is 0 Å². The fourth-order valence-corrected chi connectivity index (χ4v) is 2.44. The molecule has 2 rings (SSSR count). The molecule has 0 unspecified atom stereocenters. The molecule has 1 aromatic carbocycles. The fraction of sp³-hybridized carbons (Fsp3) is 0.429. The van der Waals surface area contributed by atoms with Gasteiger partial charge in [-0.05, 0) is 18.2 Å². The third kappa shape index (κ3) is 2.88. The molecule has 5 nitrogen and oxygen atoms in total. The van der Waals surface area contributed by atoms with E-state index in [1.54, 1.807) is 17.9 Å². The van der Waals surface area contributed by atoms with Crippen molar-refractivity contribution in [2.24, 2.45) is 0 Å². The lowest BCUT2D eigenvalue weighted by atomic mass is 9.91. The zero-order chi connectivity index (χ0) is 14.9.